The van der Waals surface area contributed by atoms with Crippen molar-refractivity contribution in [2.45, 2.75) is 79.8 Å². The van der Waals surface area contributed by atoms with E-state index < -0.39 is 11.8 Å². The van der Waals surface area contributed by atoms with Crippen molar-refractivity contribution in [1.82, 2.24) is 0 Å². The molecule has 0 aromatic carbocycles. The van der Waals surface area contributed by atoms with Crippen LogP contribution in [0, 0.1) is 23.2 Å². The molecule has 1 rings (SSSR count). The molecular weight excluding hydrogens is 316 g/mol. The number of carbonyl (C=O) groups is 2. The number of carbonyl (C=O) groups excluding carboxylic acids is 2. The molecular formula is C21H36O4. The molecule has 144 valence electrons. The molecule has 0 saturated heterocycles. The first kappa shape index (κ1) is 21.7. The van der Waals surface area contributed by atoms with Gasteiger partial charge in [-0.25, -0.2) is 0 Å². The van der Waals surface area contributed by atoms with Crippen molar-refractivity contribution >= 4 is 11.9 Å². The van der Waals surface area contributed by atoms with E-state index in [0.29, 0.717) is 25.4 Å². The highest BCUT2D eigenvalue weighted by Gasteiger charge is 2.36. The van der Waals surface area contributed by atoms with Crippen molar-refractivity contribution in [3.8, 4) is 0 Å². The Kier molecular flexibility index (Phi) is 8.67. The molecule has 0 aliphatic heterocycles. The van der Waals surface area contributed by atoms with E-state index in [4.69, 9.17) is 9.47 Å². The fraction of sp³-hybridized carbons (Fsp3) is 0.810. The molecule has 0 heterocycles. The van der Waals surface area contributed by atoms with E-state index in [2.05, 4.69) is 27.7 Å². The molecule has 0 fully saturated rings. The van der Waals surface area contributed by atoms with Crippen LogP contribution in [0.1, 0.15) is 73.6 Å². The molecule has 0 saturated carbocycles. The van der Waals surface area contributed by atoms with Crippen LogP contribution in [0.15, 0.2) is 12.2 Å². The molecule has 0 aromatic heterocycles. The zero-order valence-corrected chi connectivity index (χ0v) is 16.8. The molecule has 4 atom stereocenters. The third-order valence-electron chi connectivity index (χ3n) is 4.75. The summed E-state index contributed by atoms with van der Waals surface area (Å²) in [6.07, 6.45) is 7.63. The molecule has 4 heteroatoms. The minimum atomic E-state index is -0.418. The van der Waals surface area contributed by atoms with Crippen LogP contribution in [0.3, 0.4) is 0 Å². The van der Waals surface area contributed by atoms with Crippen LogP contribution in [0.5, 0.6) is 0 Å². The summed E-state index contributed by atoms with van der Waals surface area (Å²) in [5.74, 6) is -0.872. The van der Waals surface area contributed by atoms with Crippen LogP contribution in [0.2, 0.25) is 0 Å². The average molecular weight is 353 g/mol. The third-order valence-corrected chi connectivity index (χ3v) is 4.75. The predicted octanol–water partition coefficient (Wildman–Crippen LogP) is 4.92. The van der Waals surface area contributed by atoms with Gasteiger partial charge in [-0.1, -0.05) is 46.8 Å². The fourth-order valence-corrected chi connectivity index (χ4v) is 3.32. The van der Waals surface area contributed by atoms with E-state index in [0.717, 1.165) is 19.3 Å². The van der Waals surface area contributed by atoms with Crippen LogP contribution in [0.25, 0.3) is 0 Å². The first-order valence-corrected chi connectivity index (χ1v) is 9.66. The Morgan fingerprint density at radius 1 is 1.08 bits per heavy atom. The van der Waals surface area contributed by atoms with Gasteiger partial charge in [0.25, 0.3) is 0 Å². The number of rotatable bonds is 8. The second kappa shape index (κ2) is 9.98. The molecule has 0 spiro atoms. The number of hydrogen-bond acceptors (Lipinski definition) is 4. The van der Waals surface area contributed by atoms with Gasteiger partial charge < -0.3 is 9.47 Å². The standard InChI is InChI=1S/C21H36O4/c1-7-16(3)25-20(23)18-11-9-8-10-17(18)19(22)24-13-12-15(2)14-21(4,5)6/h8-9,15-18H,7,10-14H2,1-6H3. The maximum atomic E-state index is 12.5. The Morgan fingerprint density at radius 2 is 1.64 bits per heavy atom. The van der Waals surface area contributed by atoms with Gasteiger partial charge in [-0.2, -0.15) is 0 Å². The topological polar surface area (TPSA) is 52.6 Å². The van der Waals surface area contributed by atoms with Gasteiger partial charge in [0.15, 0.2) is 0 Å². The van der Waals surface area contributed by atoms with Crippen molar-refractivity contribution in [1.29, 1.82) is 0 Å². The molecule has 1 aliphatic carbocycles. The lowest BCUT2D eigenvalue weighted by molar-refractivity contribution is -0.164. The summed E-state index contributed by atoms with van der Waals surface area (Å²) in [5.41, 5.74) is 0.280. The highest BCUT2D eigenvalue weighted by Crippen LogP contribution is 2.29. The zero-order valence-electron chi connectivity index (χ0n) is 16.8. The number of esters is 2. The summed E-state index contributed by atoms with van der Waals surface area (Å²) in [6, 6.07) is 0. The Bertz CT molecular complexity index is 461. The summed E-state index contributed by atoms with van der Waals surface area (Å²) in [7, 11) is 0. The number of allylic oxidation sites excluding steroid dienone is 2. The van der Waals surface area contributed by atoms with Gasteiger partial charge in [0.05, 0.1) is 24.5 Å². The van der Waals surface area contributed by atoms with E-state index >= 15 is 0 Å². The SMILES string of the molecule is CCC(C)OC(=O)C1CC=CCC1C(=O)OCCC(C)CC(C)(C)C. The largest absolute Gasteiger partial charge is 0.465 e. The summed E-state index contributed by atoms with van der Waals surface area (Å²) in [4.78, 5) is 24.8. The van der Waals surface area contributed by atoms with Crippen LogP contribution < -0.4 is 0 Å². The smallest absolute Gasteiger partial charge is 0.310 e. The summed E-state index contributed by atoms with van der Waals surface area (Å²) >= 11 is 0. The van der Waals surface area contributed by atoms with E-state index in [1.54, 1.807) is 0 Å². The molecule has 25 heavy (non-hydrogen) atoms. The summed E-state index contributed by atoms with van der Waals surface area (Å²) in [5, 5.41) is 0. The van der Waals surface area contributed by atoms with E-state index in [9.17, 15) is 9.59 Å². The van der Waals surface area contributed by atoms with Crippen molar-refractivity contribution in [2.75, 3.05) is 6.61 Å². The Morgan fingerprint density at radius 3 is 2.16 bits per heavy atom. The Labute approximate surface area is 153 Å². The third kappa shape index (κ3) is 8.06. The maximum absolute atomic E-state index is 12.5. The first-order chi connectivity index (χ1) is 11.6. The van der Waals surface area contributed by atoms with E-state index in [1.807, 2.05) is 26.0 Å². The van der Waals surface area contributed by atoms with Gasteiger partial charge in [-0.05, 0) is 50.4 Å². The van der Waals surface area contributed by atoms with E-state index in [1.165, 1.54) is 0 Å². The van der Waals surface area contributed by atoms with Gasteiger partial charge in [0.2, 0.25) is 0 Å². The first-order valence-electron chi connectivity index (χ1n) is 9.66. The minimum absolute atomic E-state index is 0.117. The lowest BCUT2D eigenvalue weighted by Gasteiger charge is -2.27. The molecule has 4 nitrogen and oxygen atoms in total. The lowest BCUT2D eigenvalue weighted by Crippen LogP contribution is -2.35. The minimum Gasteiger partial charge on any atom is -0.465 e. The molecule has 0 aromatic rings. The maximum Gasteiger partial charge on any atom is 0.310 e. The van der Waals surface area contributed by atoms with Gasteiger partial charge in [-0.3, -0.25) is 9.59 Å². The number of hydrogen-bond donors (Lipinski definition) is 0. The second-order valence-corrected chi connectivity index (χ2v) is 8.64. The van der Waals surface area contributed by atoms with Crippen LogP contribution >= 0.6 is 0 Å². The van der Waals surface area contributed by atoms with Crippen molar-refractivity contribution in [2.24, 2.45) is 23.2 Å². The number of ether oxygens (including phenoxy) is 2. The lowest BCUT2D eigenvalue weighted by atomic mass is 9.83. The molecule has 0 bridgehead atoms. The predicted molar refractivity (Wildman–Crippen MR) is 100 cm³/mol. The molecule has 0 amide bonds. The normalized spacial score (nSPS) is 23.0. The van der Waals surface area contributed by atoms with Gasteiger partial charge in [-0.15, -0.1) is 0 Å². The molecule has 4 unspecified atom stereocenters. The second-order valence-electron chi connectivity index (χ2n) is 8.64. The van der Waals surface area contributed by atoms with Crippen LogP contribution in [0.4, 0.5) is 0 Å². The summed E-state index contributed by atoms with van der Waals surface area (Å²) < 4.78 is 10.9. The van der Waals surface area contributed by atoms with E-state index in [-0.39, 0.29) is 23.5 Å². The van der Waals surface area contributed by atoms with Gasteiger partial charge >= 0.3 is 11.9 Å². The quantitative estimate of drug-likeness (QED) is 0.460. The summed E-state index contributed by atoms with van der Waals surface area (Å²) in [6.45, 7) is 13.1. The van der Waals surface area contributed by atoms with Crippen LogP contribution in [-0.2, 0) is 19.1 Å². The highest BCUT2D eigenvalue weighted by atomic mass is 16.5. The van der Waals surface area contributed by atoms with Crippen LogP contribution in [-0.4, -0.2) is 24.6 Å². The Balaban J connectivity index is 2.51. The fourth-order valence-electron chi connectivity index (χ4n) is 3.32. The average Bonchev–Trinajstić information content (AvgIpc) is 2.52. The van der Waals surface area contributed by atoms with Gasteiger partial charge in [0, 0.05) is 0 Å². The molecule has 1 aliphatic rings. The Hall–Kier alpha value is -1.32. The zero-order chi connectivity index (χ0) is 19.0. The molecule has 0 N–H and O–H groups in total. The van der Waals surface area contributed by atoms with Crippen molar-refractivity contribution in [3.63, 3.8) is 0 Å². The molecule has 0 radical (unpaired) electrons. The van der Waals surface area contributed by atoms with Crippen molar-refractivity contribution < 1.29 is 19.1 Å². The highest BCUT2D eigenvalue weighted by molar-refractivity contribution is 5.82. The van der Waals surface area contributed by atoms with Gasteiger partial charge in [0.1, 0.15) is 0 Å². The monoisotopic (exact) mass is 352 g/mol. The van der Waals surface area contributed by atoms with Crippen molar-refractivity contribution in [3.05, 3.63) is 12.2 Å².